The lowest BCUT2D eigenvalue weighted by atomic mass is 9.91. The SMILES string of the molecule is O=C1CN(CC(=O)N[C@H]2c3ccccc3OC[C@H]2CO)CCN1. The number of nitrogens with one attached hydrogen (secondary N) is 2. The van der Waals surface area contributed by atoms with E-state index >= 15 is 0 Å². The van der Waals surface area contributed by atoms with Gasteiger partial charge in [0.25, 0.3) is 0 Å². The van der Waals surface area contributed by atoms with Crippen LogP contribution in [0.4, 0.5) is 0 Å². The molecule has 3 rings (SSSR count). The molecule has 2 aliphatic heterocycles. The molecule has 0 radical (unpaired) electrons. The summed E-state index contributed by atoms with van der Waals surface area (Å²) in [4.78, 5) is 25.5. The molecule has 1 aromatic rings. The van der Waals surface area contributed by atoms with E-state index in [1.165, 1.54) is 0 Å². The first-order chi connectivity index (χ1) is 11.2. The Labute approximate surface area is 134 Å². The maximum atomic E-state index is 12.4. The largest absolute Gasteiger partial charge is 0.493 e. The fourth-order valence-corrected chi connectivity index (χ4v) is 3.02. The zero-order chi connectivity index (χ0) is 16.2. The Morgan fingerprint density at radius 1 is 1.43 bits per heavy atom. The summed E-state index contributed by atoms with van der Waals surface area (Å²) in [5.41, 5.74) is 0.877. The smallest absolute Gasteiger partial charge is 0.234 e. The molecule has 0 saturated carbocycles. The van der Waals surface area contributed by atoms with Crippen LogP contribution < -0.4 is 15.4 Å². The van der Waals surface area contributed by atoms with Crippen molar-refractivity contribution in [3.63, 3.8) is 0 Å². The molecule has 0 bridgehead atoms. The minimum atomic E-state index is -0.281. The second-order valence-corrected chi connectivity index (χ2v) is 5.90. The molecule has 0 spiro atoms. The highest BCUT2D eigenvalue weighted by Gasteiger charge is 2.32. The van der Waals surface area contributed by atoms with Gasteiger partial charge in [0, 0.05) is 24.6 Å². The number of aliphatic hydroxyl groups excluding tert-OH is 1. The molecule has 0 unspecified atom stereocenters. The summed E-state index contributed by atoms with van der Waals surface area (Å²) in [5, 5.41) is 15.3. The third kappa shape index (κ3) is 3.62. The average Bonchev–Trinajstić information content (AvgIpc) is 2.55. The standard InChI is InChI=1S/C16H21N3O4/c20-9-11-10-23-13-4-2-1-3-12(13)16(11)18-15(22)8-19-6-5-17-14(21)7-19/h1-4,11,16,20H,5-10H2,(H,17,21)(H,18,22)/t11-,16-/m1/s1. The predicted octanol–water partition coefficient (Wildman–Crippen LogP) is -0.723. The number of hydrogen-bond donors (Lipinski definition) is 3. The van der Waals surface area contributed by atoms with Crippen molar-refractivity contribution in [3.05, 3.63) is 29.8 Å². The molecule has 1 saturated heterocycles. The molecular formula is C16H21N3O4. The third-order valence-corrected chi connectivity index (χ3v) is 4.21. The van der Waals surface area contributed by atoms with Crippen LogP contribution in [0.2, 0.25) is 0 Å². The van der Waals surface area contributed by atoms with Gasteiger partial charge in [-0.05, 0) is 6.07 Å². The maximum absolute atomic E-state index is 12.4. The number of piperazine rings is 1. The van der Waals surface area contributed by atoms with Crippen LogP contribution in [0.25, 0.3) is 0 Å². The monoisotopic (exact) mass is 319 g/mol. The van der Waals surface area contributed by atoms with Crippen LogP contribution in [0.1, 0.15) is 11.6 Å². The lowest BCUT2D eigenvalue weighted by Gasteiger charge is -2.34. The van der Waals surface area contributed by atoms with E-state index in [0.29, 0.717) is 19.7 Å². The van der Waals surface area contributed by atoms with Crippen molar-refractivity contribution < 1.29 is 19.4 Å². The Hall–Kier alpha value is -2.12. The number of amides is 2. The molecule has 2 atom stereocenters. The molecule has 2 heterocycles. The van der Waals surface area contributed by atoms with E-state index in [2.05, 4.69) is 10.6 Å². The van der Waals surface area contributed by atoms with E-state index in [1.54, 1.807) is 0 Å². The quantitative estimate of drug-likeness (QED) is 0.681. The van der Waals surface area contributed by atoms with Crippen molar-refractivity contribution in [2.45, 2.75) is 6.04 Å². The Bertz CT molecular complexity index is 592. The minimum Gasteiger partial charge on any atom is -0.493 e. The molecule has 3 N–H and O–H groups in total. The van der Waals surface area contributed by atoms with Crippen LogP contribution in [0, 0.1) is 5.92 Å². The number of benzene rings is 1. The van der Waals surface area contributed by atoms with E-state index in [9.17, 15) is 14.7 Å². The summed E-state index contributed by atoms with van der Waals surface area (Å²) in [6.45, 7) is 1.93. The lowest BCUT2D eigenvalue weighted by molar-refractivity contribution is -0.127. The van der Waals surface area contributed by atoms with Gasteiger partial charge >= 0.3 is 0 Å². The molecular weight excluding hydrogens is 298 g/mol. The fraction of sp³-hybridized carbons (Fsp3) is 0.500. The first-order valence-electron chi connectivity index (χ1n) is 7.78. The van der Waals surface area contributed by atoms with Crippen LogP contribution >= 0.6 is 0 Å². The number of carbonyl (C=O) groups excluding carboxylic acids is 2. The molecule has 2 amide bonds. The van der Waals surface area contributed by atoms with E-state index in [-0.39, 0.29) is 43.5 Å². The van der Waals surface area contributed by atoms with E-state index in [4.69, 9.17) is 4.74 Å². The number of ether oxygens (including phenoxy) is 1. The second-order valence-electron chi connectivity index (χ2n) is 5.90. The number of rotatable bonds is 4. The molecule has 7 nitrogen and oxygen atoms in total. The zero-order valence-corrected chi connectivity index (χ0v) is 12.8. The van der Waals surface area contributed by atoms with Gasteiger partial charge in [-0.3, -0.25) is 14.5 Å². The van der Waals surface area contributed by atoms with Crippen molar-refractivity contribution in [1.29, 1.82) is 0 Å². The van der Waals surface area contributed by atoms with Crippen molar-refractivity contribution in [3.8, 4) is 5.75 Å². The van der Waals surface area contributed by atoms with Gasteiger partial charge in [-0.1, -0.05) is 18.2 Å². The normalized spacial score (nSPS) is 24.3. The molecule has 0 aliphatic carbocycles. The second kappa shape index (κ2) is 6.97. The van der Waals surface area contributed by atoms with Gasteiger partial charge in [0.2, 0.25) is 11.8 Å². The number of nitrogens with zero attached hydrogens (tertiary/aromatic N) is 1. The Kier molecular flexibility index (Phi) is 4.78. The summed E-state index contributed by atoms with van der Waals surface area (Å²) in [6.07, 6.45) is 0. The van der Waals surface area contributed by atoms with Gasteiger partial charge in [0.15, 0.2) is 0 Å². The first kappa shape index (κ1) is 15.8. The van der Waals surface area contributed by atoms with Gasteiger partial charge < -0.3 is 20.5 Å². The molecule has 124 valence electrons. The minimum absolute atomic E-state index is 0.0614. The summed E-state index contributed by atoms with van der Waals surface area (Å²) in [6, 6.07) is 7.24. The zero-order valence-electron chi connectivity index (χ0n) is 12.8. The van der Waals surface area contributed by atoms with Gasteiger partial charge in [-0.2, -0.15) is 0 Å². The third-order valence-electron chi connectivity index (χ3n) is 4.21. The van der Waals surface area contributed by atoms with Crippen molar-refractivity contribution >= 4 is 11.8 Å². The van der Waals surface area contributed by atoms with Crippen LogP contribution in [-0.2, 0) is 9.59 Å². The number of carbonyl (C=O) groups is 2. The molecule has 1 aromatic carbocycles. The summed E-state index contributed by atoms with van der Waals surface area (Å²) in [5.74, 6) is 0.340. The molecule has 7 heteroatoms. The van der Waals surface area contributed by atoms with Gasteiger partial charge in [-0.15, -0.1) is 0 Å². The van der Waals surface area contributed by atoms with Crippen LogP contribution in [-0.4, -0.2) is 61.2 Å². The number of aliphatic hydroxyl groups is 1. The van der Waals surface area contributed by atoms with Crippen molar-refractivity contribution in [1.82, 2.24) is 15.5 Å². The van der Waals surface area contributed by atoms with Gasteiger partial charge in [-0.25, -0.2) is 0 Å². The topological polar surface area (TPSA) is 90.9 Å². The van der Waals surface area contributed by atoms with Crippen LogP contribution in [0.3, 0.4) is 0 Å². The Balaban J connectivity index is 1.67. The highest BCUT2D eigenvalue weighted by atomic mass is 16.5. The number of para-hydroxylation sites is 1. The average molecular weight is 319 g/mol. The first-order valence-corrected chi connectivity index (χ1v) is 7.78. The van der Waals surface area contributed by atoms with E-state index < -0.39 is 0 Å². The highest BCUT2D eigenvalue weighted by Crippen LogP contribution is 2.34. The fourth-order valence-electron chi connectivity index (χ4n) is 3.02. The van der Waals surface area contributed by atoms with E-state index in [1.807, 2.05) is 29.2 Å². The maximum Gasteiger partial charge on any atom is 0.234 e. The van der Waals surface area contributed by atoms with Crippen molar-refractivity contribution in [2.75, 3.05) is 39.4 Å². The predicted molar refractivity (Wildman–Crippen MR) is 82.8 cm³/mol. The van der Waals surface area contributed by atoms with Crippen LogP contribution in [0.15, 0.2) is 24.3 Å². The number of fused-ring (bicyclic) bond motifs is 1. The summed E-state index contributed by atoms with van der Waals surface area (Å²) in [7, 11) is 0. The van der Waals surface area contributed by atoms with Gasteiger partial charge in [0.1, 0.15) is 5.75 Å². The Morgan fingerprint density at radius 3 is 3.04 bits per heavy atom. The molecule has 1 fully saturated rings. The lowest BCUT2D eigenvalue weighted by Crippen LogP contribution is -2.51. The van der Waals surface area contributed by atoms with Crippen LogP contribution in [0.5, 0.6) is 5.75 Å². The Morgan fingerprint density at radius 2 is 2.26 bits per heavy atom. The highest BCUT2D eigenvalue weighted by molar-refractivity contribution is 5.82. The summed E-state index contributed by atoms with van der Waals surface area (Å²) >= 11 is 0. The summed E-state index contributed by atoms with van der Waals surface area (Å²) < 4.78 is 5.63. The van der Waals surface area contributed by atoms with E-state index in [0.717, 1.165) is 11.3 Å². The number of hydrogen-bond acceptors (Lipinski definition) is 5. The van der Waals surface area contributed by atoms with Gasteiger partial charge in [0.05, 0.1) is 32.3 Å². The van der Waals surface area contributed by atoms with Crippen molar-refractivity contribution in [2.24, 2.45) is 5.92 Å². The molecule has 23 heavy (non-hydrogen) atoms. The molecule has 2 aliphatic rings. The molecule has 0 aromatic heterocycles.